The third kappa shape index (κ3) is 5.57. The Labute approximate surface area is 167 Å². The maximum absolute atomic E-state index is 13.4. The van der Waals surface area contributed by atoms with Gasteiger partial charge in [0, 0.05) is 17.1 Å². The molecule has 0 fully saturated rings. The van der Waals surface area contributed by atoms with Gasteiger partial charge in [0.05, 0.1) is 11.3 Å². The summed E-state index contributed by atoms with van der Waals surface area (Å²) in [5.74, 6) is -0.340. The van der Waals surface area contributed by atoms with Gasteiger partial charge in [-0.15, -0.1) is 0 Å². The number of benzene rings is 2. The summed E-state index contributed by atoms with van der Waals surface area (Å²) >= 11 is 0. The van der Waals surface area contributed by atoms with Gasteiger partial charge < -0.3 is 0 Å². The van der Waals surface area contributed by atoms with Crippen LogP contribution in [0, 0.1) is 13.8 Å². The second-order valence-electron chi connectivity index (χ2n) is 6.78. The summed E-state index contributed by atoms with van der Waals surface area (Å²) in [7, 11) is -3.89. The molecule has 0 aliphatic carbocycles. The van der Waals surface area contributed by atoms with E-state index in [1.807, 2.05) is 0 Å². The van der Waals surface area contributed by atoms with E-state index < -0.39 is 21.8 Å². The van der Waals surface area contributed by atoms with Gasteiger partial charge in [0.15, 0.2) is 0 Å². The van der Waals surface area contributed by atoms with Crippen molar-refractivity contribution in [3.63, 3.8) is 0 Å². The third-order valence-corrected chi connectivity index (χ3v) is 5.41. The highest BCUT2D eigenvalue weighted by Gasteiger charge is 2.31. The maximum Gasteiger partial charge on any atom is 0.416 e. The lowest BCUT2D eigenvalue weighted by molar-refractivity contribution is -0.137. The van der Waals surface area contributed by atoms with Gasteiger partial charge >= 0.3 is 6.18 Å². The molecule has 29 heavy (non-hydrogen) atoms. The van der Waals surface area contributed by atoms with E-state index in [1.165, 1.54) is 6.07 Å². The highest BCUT2D eigenvalue weighted by molar-refractivity contribution is 7.91. The van der Waals surface area contributed by atoms with Crippen molar-refractivity contribution < 1.29 is 21.6 Å². The van der Waals surface area contributed by atoms with Crippen LogP contribution in [0.5, 0.6) is 0 Å². The van der Waals surface area contributed by atoms with Gasteiger partial charge in [-0.3, -0.25) is 9.71 Å². The van der Waals surface area contributed by atoms with Crippen LogP contribution in [0.4, 0.5) is 18.9 Å². The fraction of sp³-hybridized carbons (Fsp3) is 0.190. The highest BCUT2D eigenvalue weighted by atomic mass is 32.2. The number of aryl methyl sites for hydroxylation is 2. The van der Waals surface area contributed by atoms with Crippen molar-refractivity contribution in [1.82, 2.24) is 4.98 Å². The third-order valence-electron chi connectivity index (χ3n) is 4.15. The van der Waals surface area contributed by atoms with Crippen molar-refractivity contribution in [1.29, 1.82) is 0 Å². The van der Waals surface area contributed by atoms with E-state index in [0.29, 0.717) is 22.5 Å². The molecule has 0 spiro atoms. The molecule has 3 rings (SSSR count). The van der Waals surface area contributed by atoms with E-state index in [0.717, 1.165) is 12.1 Å². The van der Waals surface area contributed by atoms with Crippen molar-refractivity contribution in [3.8, 4) is 11.1 Å². The summed E-state index contributed by atoms with van der Waals surface area (Å²) in [6.45, 7) is 3.49. The minimum Gasteiger partial charge on any atom is -0.283 e. The van der Waals surface area contributed by atoms with E-state index in [1.54, 1.807) is 56.3 Å². The van der Waals surface area contributed by atoms with Crippen LogP contribution < -0.4 is 4.72 Å². The Hall–Kier alpha value is -2.87. The number of aromatic nitrogens is 1. The van der Waals surface area contributed by atoms with Crippen LogP contribution in [-0.4, -0.2) is 13.4 Å². The van der Waals surface area contributed by atoms with Crippen LogP contribution in [0.15, 0.2) is 60.7 Å². The molecule has 1 N–H and O–H groups in total. The van der Waals surface area contributed by atoms with Gasteiger partial charge in [-0.05, 0) is 60.9 Å². The number of anilines is 1. The number of hydrogen-bond acceptors (Lipinski definition) is 3. The van der Waals surface area contributed by atoms with Crippen LogP contribution in [-0.2, 0) is 22.0 Å². The minimum absolute atomic E-state index is 0.141. The lowest BCUT2D eigenvalue weighted by atomic mass is 10.0. The van der Waals surface area contributed by atoms with Crippen molar-refractivity contribution in [2.75, 3.05) is 4.72 Å². The SMILES string of the molecule is Cc1cc(-c2cc(NS(=O)(=O)Cc3ccccc3)cc(C(F)(F)F)c2)cc(C)n1. The Kier molecular flexibility index (Phi) is 5.66. The Bertz CT molecular complexity index is 1110. The van der Waals surface area contributed by atoms with Gasteiger partial charge in [0.25, 0.3) is 0 Å². The first-order chi connectivity index (χ1) is 13.5. The molecule has 0 radical (unpaired) electrons. The molecule has 0 bridgehead atoms. The summed E-state index contributed by atoms with van der Waals surface area (Å²) < 4.78 is 67.5. The molecule has 8 heteroatoms. The number of halogens is 3. The maximum atomic E-state index is 13.4. The van der Waals surface area contributed by atoms with E-state index >= 15 is 0 Å². The molecule has 3 aromatic rings. The smallest absolute Gasteiger partial charge is 0.283 e. The molecular weight excluding hydrogens is 401 g/mol. The monoisotopic (exact) mass is 420 g/mol. The minimum atomic E-state index is -4.62. The summed E-state index contributed by atoms with van der Waals surface area (Å²) in [5, 5.41) is 0. The number of nitrogens with one attached hydrogen (secondary N) is 1. The van der Waals surface area contributed by atoms with E-state index in [9.17, 15) is 21.6 Å². The number of nitrogens with zero attached hydrogens (tertiary/aromatic N) is 1. The number of hydrogen-bond donors (Lipinski definition) is 1. The van der Waals surface area contributed by atoms with Gasteiger partial charge in [-0.25, -0.2) is 8.42 Å². The first-order valence-corrected chi connectivity index (χ1v) is 10.4. The number of alkyl halides is 3. The lowest BCUT2D eigenvalue weighted by Crippen LogP contribution is -2.16. The molecule has 0 saturated heterocycles. The van der Waals surface area contributed by atoms with Crippen LogP contribution >= 0.6 is 0 Å². The Morgan fingerprint density at radius 3 is 2.07 bits per heavy atom. The fourth-order valence-electron chi connectivity index (χ4n) is 3.03. The summed E-state index contributed by atoms with van der Waals surface area (Å²) in [4.78, 5) is 4.23. The molecule has 2 aromatic carbocycles. The van der Waals surface area contributed by atoms with Crippen molar-refractivity contribution in [2.24, 2.45) is 0 Å². The standard InChI is InChI=1S/C21H19F3N2O2S/c1-14-8-17(9-15(2)25-14)18-10-19(21(22,23)24)12-20(11-18)26-29(27,28)13-16-6-4-3-5-7-16/h3-12,26H,13H2,1-2H3. The predicted octanol–water partition coefficient (Wildman–Crippen LogP) is 5.33. The van der Waals surface area contributed by atoms with Crippen LogP contribution in [0.3, 0.4) is 0 Å². The Morgan fingerprint density at radius 2 is 1.48 bits per heavy atom. The van der Waals surface area contributed by atoms with Gasteiger partial charge in [-0.1, -0.05) is 30.3 Å². The summed E-state index contributed by atoms with van der Waals surface area (Å²) in [6.07, 6.45) is -4.62. The fourth-order valence-corrected chi connectivity index (χ4v) is 4.21. The summed E-state index contributed by atoms with van der Waals surface area (Å²) in [6, 6.07) is 14.9. The van der Waals surface area contributed by atoms with Crippen LogP contribution in [0.1, 0.15) is 22.5 Å². The average Bonchev–Trinajstić information content (AvgIpc) is 2.60. The molecule has 0 aliphatic heterocycles. The van der Waals surface area contributed by atoms with Crippen LogP contribution in [0.25, 0.3) is 11.1 Å². The molecule has 0 saturated carbocycles. The number of sulfonamides is 1. The normalized spacial score (nSPS) is 12.0. The molecule has 152 valence electrons. The largest absolute Gasteiger partial charge is 0.416 e. The van der Waals surface area contributed by atoms with Crippen molar-refractivity contribution in [3.05, 3.63) is 83.2 Å². The van der Waals surface area contributed by atoms with E-state index in [-0.39, 0.29) is 17.0 Å². The van der Waals surface area contributed by atoms with Crippen LogP contribution in [0.2, 0.25) is 0 Å². The molecule has 1 aromatic heterocycles. The van der Waals surface area contributed by atoms with Gasteiger partial charge in [0.2, 0.25) is 10.0 Å². The Morgan fingerprint density at radius 1 is 0.897 bits per heavy atom. The zero-order chi connectivity index (χ0) is 21.2. The average molecular weight is 420 g/mol. The molecule has 1 heterocycles. The Balaban J connectivity index is 2.02. The quantitative estimate of drug-likeness (QED) is 0.607. The van der Waals surface area contributed by atoms with E-state index in [4.69, 9.17) is 0 Å². The van der Waals surface area contributed by atoms with Gasteiger partial charge in [-0.2, -0.15) is 13.2 Å². The first-order valence-electron chi connectivity index (χ1n) is 8.74. The van der Waals surface area contributed by atoms with Gasteiger partial charge in [0.1, 0.15) is 0 Å². The number of pyridine rings is 1. The zero-order valence-electron chi connectivity index (χ0n) is 15.8. The molecule has 0 atom stereocenters. The lowest BCUT2D eigenvalue weighted by Gasteiger charge is -2.15. The zero-order valence-corrected chi connectivity index (χ0v) is 16.6. The first kappa shape index (κ1) is 20.9. The second-order valence-corrected chi connectivity index (χ2v) is 8.50. The number of rotatable bonds is 5. The molecular formula is C21H19F3N2O2S. The summed E-state index contributed by atoms with van der Waals surface area (Å²) in [5.41, 5.74) is 1.56. The molecule has 0 aliphatic rings. The predicted molar refractivity (Wildman–Crippen MR) is 107 cm³/mol. The van der Waals surface area contributed by atoms with Crippen molar-refractivity contribution >= 4 is 15.7 Å². The molecule has 0 amide bonds. The van der Waals surface area contributed by atoms with Crippen molar-refractivity contribution in [2.45, 2.75) is 25.8 Å². The second kappa shape index (κ2) is 7.87. The highest BCUT2D eigenvalue weighted by Crippen LogP contribution is 2.35. The molecule has 4 nitrogen and oxygen atoms in total. The molecule has 0 unspecified atom stereocenters. The van der Waals surface area contributed by atoms with E-state index in [2.05, 4.69) is 9.71 Å². The topological polar surface area (TPSA) is 59.1 Å².